The molecule has 0 N–H and O–H groups in total. The van der Waals surface area contributed by atoms with E-state index in [4.69, 9.17) is 11.6 Å². The number of rotatable bonds is 5. The highest BCUT2D eigenvalue weighted by atomic mass is 35.5. The van der Waals surface area contributed by atoms with E-state index in [9.17, 15) is 34.8 Å². The molecule has 1 saturated heterocycles. The molecule has 1 aromatic heterocycles. The summed E-state index contributed by atoms with van der Waals surface area (Å²) in [5, 5.41) is 1.03. The van der Waals surface area contributed by atoms with Crippen molar-refractivity contribution in [1.82, 2.24) is 4.98 Å². The van der Waals surface area contributed by atoms with Gasteiger partial charge in [0.15, 0.2) is 38.2 Å². The molecule has 4 rings (SSSR count). The summed E-state index contributed by atoms with van der Waals surface area (Å²) < 4.78 is 107. The second kappa shape index (κ2) is 9.38. The number of piperidine rings is 1. The fourth-order valence-corrected chi connectivity index (χ4v) is 6.67. The number of thiazole rings is 1. The summed E-state index contributed by atoms with van der Waals surface area (Å²) in [5.74, 6) is -12.3. The number of hydrogen-bond donors (Lipinski definition) is 0. The summed E-state index contributed by atoms with van der Waals surface area (Å²) in [7, 11) is -4.82. The van der Waals surface area contributed by atoms with Gasteiger partial charge in [-0.2, -0.15) is 0 Å². The molecule has 13 heteroatoms. The predicted octanol–water partition coefficient (Wildman–Crippen LogP) is 5.66. The van der Waals surface area contributed by atoms with E-state index in [0.717, 1.165) is 5.56 Å². The van der Waals surface area contributed by atoms with Crippen molar-refractivity contribution in [2.24, 2.45) is 0 Å². The summed E-state index contributed by atoms with van der Waals surface area (Å²) >= 11 is 7.08. The van der Waals surface area contributed by atoms with Crippen LogP contribution in [0.5, 0.6) is 0 Å². The van der Waals surface area contributed by atoms with E-state index in [2.05, 4.69) is 4.98 Å². The highest BCUT2D eigenvalue weighted by molar-refractivity contribution is 7.92. The third-order valence-corrected chi connectivity index (χ3v) is 9.03. The Hall–Kier alpha value is -2.31. The van der Waals surface area contributed by atoms with Crippen molar-refractivity contribution in [3.05, 3.63) is 74.8 Å². The molecule has 1 aliphatic heterocycles. The van der Waals surface area contributed by atoms with E-state index < -0.39 is 54.9 Å². The molecule has 3 aromatic rings. The van der Waals surface area contributed by atoms with Gasteiger partial charge in [-0.25, -0.2) is 39.7 Å². The summed E-state index contributed by atoms with van der Waals surface area (Å²) in [6, 6.07) is 4.32. The van der Waals surface area contributed by atoms with Crippen LogP contribution in [0.15, 0.2) is 28.5 Å². The summed E-state index contributed by atoms with van der Waals surface area (Å²) in [4.78, 5) is 4.46. The van der Waals surface area contributed by atoms with Gasteiger partial charge in [-0.3, -0.25) is 0 Å². The number of benzene rings is 2. The molecule has 182 valence electrons. The minimum Gasteiger partial charge on any atom is -0.348 e. The summed E-state index contributed by atoms with van der Waals surface area (Å²) in [6.07, 6.45) is 0.205. The summed E-state index contributed by atoms with van der Waals surface area (Å²) in [6.45, 7) is 0.295. The van der Waals surface area contributed by atoms with Crippen LogP contribution in [0.2, 0.25) is 5.02 Å². The van der Waals surface area contributed by atoms with Crippen LogP contribution in [-0.4, -0.2) is 31.7 Å². The molecule has 1 fully saturated rings. The second-order valence-electron chi connectivity index (χ2n) is 7.68. The maximum atomic E-state index is 14.1. The molecule has 0 atom stereocenters. The maximum absolute atomic E-state index is 14.1. The van der Waals surface area contributed by atoms with Gasteiger partial charge in [-0.1, -0.05) is 17.7 Å². The molecule has 34 heavy (non-hydrogen) atoms. The van der Waals surface area contributed by atoms with Gasteiger partial charge in [0, 0.05) is 24.9 Å². The molecule has 0 aliphatic carbocycles. The van der Waals surface area contributed by atoms with Gasteiger partial charge in [0.25, 0.3) is 0 Å². The highest BCUT2D eigenvalue weighted by Gasteiger charge is 2.39. The molecule has 4 nitrogen and oxygen atoms in total. The van der Waals surface area contributed by atoms with Crippen LogP contribution in [0.1, 0.15) is 24.1 Å². The number of aromatic nitrogens is 1. The third kappa shape index (κ3) is 4.50. The van der Waals surface area contributed by atoms with Crippen molar-refractivity contribution in [3.8, 4) is 0 Å². The lowest BCUT2D eigenvalue weighted by Crippen LogP contribution is -2.40. The van der Waals surface area contributed by atoms with E-state index in [-0.39, 0.29) is 31.0 Å². The quantitative estimate of drug-likeness (QED) is 0.181. The van der Waals surface area contributed by atoms with Gasteiger partial charge < -0.3 is 4.90 Å². The number of hydrogen-bond acceptors (Lipinski definition) is 5. The average molecular weight is 541 g/mol. The van der Waals surface area contributed by atoms with Gasteiger partial charge in [0.1, 0.15) is 10.7 Å². The van der Waals surface area contributed by atoms with E-state index >= 15 is 0 Å². The Bertz CT molecular complexity index is 1330. The molecular weight excluding hydrogens is 526 g/mol. The first kappa shape index (κ1) is 24.8. The predicted molar refractivity (Wildman–Crippen MR) is 115 cm³/mol. The first-order valence-electron chi connectivity index (χ1n) is 9.89. The SMILES string of the molecule is O=S(=O)(c1c(F)c(F)c(F)c(F)c1F)C1CCN(c2nc(Cc3ccc(F)c(Cl)c3)cs2)CC1. The van der Waals surface area contributed by atoms with Crippen molar-refractivity contribution in [2.45, 2.75) is 29.4 Å². The van der Waals surface area contributed by atoms with Crippen molar-refractivity contribution < 1.29 is 34.8 Å². The van der Waals surface area contributed by atoms with Gasteiger partial charge in [0.05, 0.1) is 16.0 Å². The zero-order chi connectivity index (χ0) is 24.8. The van der Waals surface area contributed by atoms with E-state index in [0.29, 0.717) is 17.2 Å². The number of sulfone groups is 1. The number of halogens is 7. The zero-order valence-corrected chi connectivity index (χ0v) is 19.5. The summed E-state index contributed by atoms with van der Waals surface area (Å²) in [5.41, 5.74) is 1.43. The van der Waals surface area contributed by atoms with Crippen LogP contribution < -0.4 is 4.90 Å². The third-order valence-electron chi connectivity index (χ3n) is 5.51. The first-order chi connectivity index (χ1) is 16.0. The molecule has 2 aromatic carbocycles. The van der Waals surface area contributed by atoms with E-state index in [1.807, 2.05) is 0 Å². The largest absolute Gasteiger partial charge is 0.348 e. The minimum absolute atomic E-state index is 0.00924. The van der Waals surface area contributed by atoms with Crippen LogP contribution >= 0.6 is 22.9 Å². The smallest absolute Gasteiger partial charge is 0.200 e. The lowest BCUT2D eigenvalue weighted by Gasteiger charge is -2.31. The van der Waals surface area contributed by atoms with Crippen LogP contribution in [0.25, 0.3) is 0 Å². The fourth-order valence-electron chi connectivity index (χ4n) is 3.74. The van der Waals surface area contributed by atoms with Crippen LogP contribution in [0, 0.1) is 34.9 Å². The second-order valence-corrected chi connectivity index (χ2v) is 11.1. The molecular formula is C21H15ClF6N2O2S2. The molecule has 0 amide bonds. The van der Waals surface area contributed by atoms with E-state index in [1.54, 1.807) is 16.3 Å². The maximum Gasteiger partial charge on any atom is 0.200 e. The minimum atomic E-state index is -4.82. The van der Waals surface area contributed by atoms with Crippen molar-refractivity contribution in [2.75, 3.05) is 18.0 Å². The van der Waals surface area contributed by atoms with Gasteiger partial charge >= 0.3 is 0 Å². The molecule has 0 unspecified atom stereocenters. The van der Waals surface area contributed by atoms with Crippen molar-refractivity contribution >= 4 is 37.9 Å². The normalized spacial score (nSPS) is 15.2. The highest BCUT2D eigenvalue weighted by Crippen LogP contribution is 2.34. The van der Waals surface area contributed by atoms with Crippen LogP contribution in [0.3, 0.4) is 0 Å². The Labute approximate surface area is 199 Å². The molecule has 0 saturated carbocycles. The lowest BCUT2D eigenvalue weighted by atomic mass is 10.1. The Balaban J connectivity index is 1.47. The molecule has 1 aliphatic rings. The van der Waals surface area contributed by atoms with Gasteiger partial charge in [0.2, 0.25) is 5.82 Å². The monoisotopic (exact) mass is 540 g/mol. The zero-order valence-electron chi connectivity index (χ0n) is 17.1. The fraction of sp³-hybridized carbons (Fsp3) is 0.286. The lowest BCUT2D eigenvalue weighted by molar-refractivity contribution is 0.356. The number of nitrogens with zero attached hydrogens (tertiary/aromatic N) is 2. The van der Waals surface area contributed by atoms with E-state index in [1.165, 1.54) is 23.5 Å². The van der Waals surface area contributed by atoms with Crippen LogP contribution in [0.4, 0.5) is 31.5 Å². The van der Waals surface area contributed by atoms with Crippen LogP contribution in [-0.2, 0) is 16.3 Å². The van der Waals surface area contributed by atoms with Crippen molar-refractivity contribution in [1.29, 1.82) is 0 Å². The van der Waals surface area contributed by atoms with Gasteiger partial charge in [-0.15, -0.1) is 11.3 Å². The molecule has 0 radical (unpaired) electrons. The molecule has 0 spiro atoms. The Morgan fingerprint density at radius 3 is 2.15 bits per heavy atom. The Morgan fingerprint density at radius 1 is 0.971 bits per heavy atom. The Kier molecular flexibility index (Phi) is 6.85. The standard InChI is InChI=1S/C21H15ClF6N2O2S2/c22-13-8-10(1-2-14(13)23)7-11-9-33-21(29-11)30-5-3-12(4-6-30)34(31,32)20-18(27)16(25)15(24)17(26)19(20)28/h1-2,8-9,12H,3-7H2. The number of anilines is 1. The molecule has 2 heterocycles. The Morgan fingerprint density at radius 2 is 1.56 bits per heavy atom. The molecule has 0 bridgehead atoms. The van der Waals surface area contributed by atoms with Crippen molar-refractivity contribution in [3.63, 3.8) is 0 Å². The topological polar surface area (TPSA) is 50.3 Å². The average Bonchev–Trinajstić information content (AvgIpc) is 3.27. The van der Waals surface area contributed by atoms with Gasteiger partial charge in [-0.05, 0) is 30.5 Å². The first-order valence-corrected chi connectivity index (χ1v) is 12.7.